The van der Waals surface area contributed by atoms with Crippen molar-refractivity contribution in [2.24, 2.45) is 0 Å². The molecule has 0 radical (unpaired) electrons. The zero-order chi connectivity index (χ0) is 8.27. The molecule has 1 heterocycles. The van der Waals surface area contributed by atoms with Gasteiger partial charge in [-0.15, -0.1) is 0 Å². The van der Waals surface area contributed by atoms with Gasteiger partial charge < -0.3 is 10.1 Å². The van der Waals surface area contributed by atoms with Crippen molar-refractivity contribution in [1.29, 1.82) is 0 Å². The highest BCUT2D eigenvalue weighted by Gasteiger charge is 2.17. The maximum Gasteiger partial charge on any atom is 0.345 e. The average Bonchev–Trinajstić information content (AvgIpc) is 1.84. The predicted octanol–water partition coefficient (Wildman–Crippen LogP) is 0.802. The summed E-state index contributed by atoms with van der Waals surface area (Å²) >= 11 is 3.19. The van der Waals surface area contributed by atoms with Crippen molar-refractivity contribution in [1.82, 2.24) is 5.32 Å². The van der Waals surface area contributed by atoms with Crippen molar-refractivity contribution in [2.75, 3.05) is 19.7 Å². The highest BCUT2D eigenvalue weighted by Crippen LogP contribution is 2.16. The van der Waals surface area contributed by atoms with Crippen molar-refractivity contribution in [3.05, 3.63) is 10.1 Å². The minimum atomic E-state index is -0.260. The van der Waals surface area contributed by atoms with Crippen molar-refractivity contribution >= 4 is 21.9 Å². The fourth-order valence-electron chi connectivity index (χ4n) is 0.744. The van der Waals surface area contributed by atoms with E-state index in [1.165, 1.54) is 0 Å². The Morgan fingerprint density at radius 3 is 2.73 bits per heavy atom. The molecule has 1 aliphatic rings. The van der Waals surface area contributed by atoms with Crippen LogP contribution in [0.3, 0.4) is 0 Å². The first-order chi connectivity index (χ1) is 5.25. The predicted molar refractivity (Wildman–Crippen MR) is 45.5 cm³/mol. The molecule has 0 bridgehead atoms. The SMILES string of the molecule is CCOC(=O)C(Br)=C1CNC1. The van der Waals surface area contributed by atoms with E-state index in [1.807, 2.05) is 0 Å². The number of halogens is 1. The summed E-state index contributed by atoms with van der Waals surface area (Å²) in [4.78, 5) is 11.0. The number of rotatable bonds is 2. The molecule has 0 spiro atoms. The Hall–Kier alpha value is -0.350. The van der Waals surface area contributed by atoms with E-state index in [1.54, 1.807) is 6.92 Å². The van der Waals surface area contributed by atoms with E-state index in [9.17, 15) is 4.79 Å². The molecule has 0 aromatic carbocycles. The lowest BCUT2D eigenvalue weighted by atomic mass is 10.1. The molecule has 0 saturated carbocycles. The first kappa shape index (κ1) is 8.74. The second kappa shape index (κ2) is 3.88. The van der Waals surface area contributed by atoms with E-state index >= 15 is 0 Å². The Bertz CT molecular complexity index is 195. The fraction of sp³-hybridized carbons (Fsp3) is 0.571. The zero-order valence-corrected chi connectivity index (χ0v) is 7.90. The Morgan fingerprint density at radius 1 is 1.73 bits per heavy atom. The van der Waals surface area contributed by atoms with E-state index in [4.69, 9.17) is 4.74 Å². The molecule has 0 aromatic rings. The van der Waals surface area contributed by atoms with Gasteiger partial charge in [0, 0.05) is 13.1 Å². The number of hydrogen-bond acceptors (Lipinski definition) is 3. The molecule has 1 N–H and O–H groups in total. The van der Waals surface area contributed by atoms with Gasteiger partial charge in [-0.25, -0.2) is 4.79 Å². The van der Waals surface area contributed by atoms with Crippen LogP contribution in [0.4, 0.5) is 0 Å². The summed E-state index contributed by atoms with van der Waals surface area (Å²) in [7, 11) is 0. The lowest BCUT2D eigenvalue weighted by Gasteiger charge is -2.19. The van der Waals surface area contributed by atoms with Crippen LogP contribution >= 0.6 is 15.9 Å². The summed E-state index contributed by atoms with van der Waals surface area (Å²) in [5, 5.41) is 3.04. The molecule has 3 nitrogen and oxygen atoms in total. The number of hydrogen-bond donors (Lipinski definition) is 1. The molecule has 1 fully saturated rings. The Kier molecular flexibility index (Phi) is 3.08. The third-order valence-corrected chi connectivity index (χ3v) is 2.33. The van der Waals surface area contributed by atoms with Gasteiger partial charge in [-0.05, 0) is 28.4 Å². The van der Waals surface area contributed by atoms with Crippen LogP contribution in [-0.2, 0) is 9.53 Å². The third-order valence-electron chi connectivity index (χ3n) is 1.44. The van der Waals surface area contributed by atoms with Gasteiger partial charge in [0.2, 0.25) is 0 Å². The topological polar surface area (TPSA) is 38.3 Å². The molecule has 11 heavy (non-hydrogen) atoms. The highest BCUT2D eigenvalue weighted by atomic mass is 79.9. The molecule has 1 saturated heterocycles. The number of carbonyl (C=O) groups excluding carboxylic acids is 1. The number of ether oxygens (including phenoxy) is 1. The average molecular weight is 220 g/mol. The van der Waals surface area contributed by atoms with E-state index < -0.39 is 0 Å². The van der Waals surface area contributed by atoms with Gasteiger partial charge in [-0.3, -0.25) is 0 Å². The summed E-state index contributed by atoms with van der Waals surface area (Å²) in [5.74, 6) is -0.260. The quantitative estimate of drug-likeness (QED) is 0.552. The molecular formula is C7H10BrNO2. The van der Waals surface area contributed by atoms with Crippen molar-refractivity contribution in [2.45, 2.75) is 6.92 Å². The van der Waals surface area contributed by atoms with Crippen LogP contribution in [-0.4, -0.2) is 25.7 Å². The minimum absolute atomic E-state index is 0.260. The second-order valence-electron chi connectivity index (χ2n) is 2.24. The molecule has 1 rings (SSSR count). The second-order valence-corrected chi connectivity index (χ2v) is 3.03. The third kappa shape index (κ3) is 2.04. The summed E-state index contributed by atoms with van der Waals surface area (Å²) in [6.45, 7) is 3.80. The molecular weight excluding hydrogens is 210 g/mol. The maximum atomic E-state index is 11.0. The zero-order valence-electron chi connectivity index (χ0n) is 6.32. The van der Waals surface area contributed by atoms with Gasteiger partial charge in [0.25, 0.3) is 0 Å². The van der Waals surface area contributed by atoms with E-state index in [2.05, 4.69) is 21.2 Å². The van der Waals surface area contributed by atoms with Gasteiger partial charge >= 0.3 is 5.97 Å². The van der Waals surface area contributed by atoms with Crippen LogP contribution in [0.1, 0.15) is 6.92 Å². The highest BCUT2D eigenvalue weighted by molar-refractivity contribution is 9.12. The summed E-state index contributed by atoms with van der Waals surface area (Å²) in [6, 6.07) is 0. The molecule has 0 atom stereocenters. The largest absolute Gasteiger partial charge is 0.462 e. The van der Waals surface area contributed by atoms with Gasteiger partial charge in [0.05, 0.1) is 6.61 Å². The first-order valence-corrected chi connectivity index (χ1v) is 4.30. The van der Waals surface area contributed by atoms with Gasteiger partial charge in [0.1, 0.15) is 4.48 Å². The monoisotopic (exact) mass is 219 g/mol. The number of nitrogens with one attached hydrogen (secondary N) is 1. The smallest absolute Gasteiger partial charge is 0.345 e. The van der Waals surface area contributed by atoms with Gasteiger partial charge in [-0.2, -0.15) is 0 Å². The van der Waals surface area contributed by atoms with Crippen molar-refractivity contribution in [3.63, 3.8) is 0 Å². The standard InChI is InChI=1S/C7H10BrNO2/c1-2-11-7(10)6(8)5-3-9-4-5/h9H,2-4H2,1H3. The van der Waals surface area contributed by atoms with Gasteiger partial charge in [-0.1, -0.05) is 0 Å². The van der Waals surface area contributed by atoms with Crippen LogP contribution in [0.5, 0.6) is 0 Å². The first-order valence-electron chi connectivity index (χ1n) is 3.51. The van der Waals surface area contributed by atoms with E-state index in [0.717, 1.165) is 18.7 Å². The number of esters is 1. The summed E-state index contributed by atoms with van der Waals surface area (Å²) in [5.41, 5.74) is 1.09. The summed E-state index contributed by atoms with van der Waals surface area (Å²) < 4.78 is 5.37. The van der Waals surface area contributed by atoms with Gasteiger partial charge in [0.15, 0.2) is 0 Å². The molecule has 0 unspecified atom stereocenters. The molecule has 1 aliphatic heterocycles. The van der Waals surface area contributed by atoms with Crippen molar-refractivity contribution < 1.29 is 9.53 Å². The molecule has 4 heteroatoms. The molecule has 0 aromatic heterocycles. The maximum absolute atomic E-state index is 11.0. The van der Waals surface area contributed by atoms with Crippen LogP contribution < -0.4 is 5.32 Å². The van der Waals surface area contributed by atoms with Crippen LogP contribution in [0, 0.1) is 0 Å². The lowest BCUT2D eigenvalue weighted by molar-refractivity contribution is -0.137. The molecule has 62 valence electrons. The summed E-state index contributed by atoms with van der Waals surface area (Å²) in [6.07, 6.45) is 0. The van der Waals surface area contributed by atoms with Crippen LogP contribution in [0.25, 0.3) is 0 Å². The minimum Gasteiger partial charge on any atom is -0.462 e. The Morgan fingerprint density at radius 2 is 2.36 bits per heavy atom. The van der Waals surface area contributed by atoms with Crippen LogP contribution in [0.2, 0.25) is 0 Å². The van der Waals surface area contributed by atoms with E-state index in [0.29, 0.717) is 11.1 Å². The Labute approximate surface area is 73.9 Å². The molecule has 0 aliphatic carbocycles. The van der Waals surface area contributed by atoms with Crippen molar-refractivity contribution in [3.8, 4) is 0 Å². The normalized spacial score (nSPS) is 15.6. The molecule has 0 amide bonds. The fourth-order valence-corrected chi connectivity index (χ4v) is 1.14. The van der Waals surface area contributed by atoms with E-state index in [-0.39, 0.29) is 5.97 Å². The lowest BCUT2D eigenvalue weighted by Crippen LogP contribution is -2.35. The number of carbonyl (C=O) groups is 1. The Balaban J connectivity index is 2.51. The van der Waals surface area contributed by atoms with Crippen LogP contribution in [0.15, 0.2) is 10.1 Å².